The second-order valence-corrected chi connectivity index (χ2v) is 6.71. The summed E-state index contributed by atoms with van der Waals surface area (Å²) in [7, 11) is 1.35. The molecule has 0 saturated carbocycles. The molecule has 2 atom stereocenters. The van der Waals surface area contributed by atoms with Crippen LogP contribution in [0.15, 0.2) is 24.3 Å². The Labute approximate surface area is 147 Å². The summed E-state index contributed by atoms with van der Waals surface area (Å²) in [5, 5.41) is 2.91. The summed E-state index contributed by atoms with van der Waals surface area (Å²) in [4.78, 5) is 38.4. The van der Waals surface area contributed by atoms with Crippen LogP contribution >= 0.6 is 0 Å². The number of hydrogen-bond donors (Lipinski definition) is 1. The average molecular weight is 344 g/mol. The molecule has 3 rings (SSSR count). The summed E-state index contributed by atoms with van der Waals surface area (Å²) in [5.74, 6) is -0.658. The Morgan fingerprint density at radius 1 is 1.28 bits per heavy atom. The quantitative estimate of drug-likeness (QED) is 0.849. The van der Waals surface area contributed by atoms with Gasteiger partial charge in [0.2, 0.25) is 11.8 Å². The van der Waals surface area contributed by atoms with Gasteiger partial charge in [0, 0.05) is 24.6 Å². The number of likely N-dealkylation sites (tertiary alicyclic amines) is 1. The van der Waals surface area contributed by atoms with Crippen LogP contribution in [0.5, 0.6) is 0 Å². The molecule has 6 heteroatoms. The van der Waals surface area contributed by atoms with Crippen LogP contribution in [0.4, 0.5) is 5.69 Å². The lowest BCUT2D eigenvalue weighted by Crippen LogP contribution is -2.48. The molecule has 1 N–H and O–H groups in total. The Morgan fingerprint density at radius 2 is 2.08 bits per heavy atom. The van der Waals surface area contributed by atoms with Crippen molar-refractivity contribution < 1.29 is 19.1 Å². The van der Waals surface area contributed by atoms with Gasteiger partial charge in [0.15, 0.2) is 0 Å². The topological polar surface area (TPSA) is 75.7 Å². The van der Waals surface area contributed by atoms with Crippen molar-refractivity contribution in [1.29, 1.82) is 0 Å². The van der Waals surface area contributed by atoms with Gasteiger partial charge in [-0.1, -0.05) is 18.2 Å². The number of para-hydroxylation sites is 1. The smallest absolute Gasteiger partial charge is 0.328 e. The fraction of sp³-hybridized carbons (Fsp3) is 0.526. The third-order valence-electron chi connectivity index (χ3n) is 5.12. The van der Waals surface area contributed by atoms with Gasteiger partial charge in [0.25, 0.3) is 0 Å². The predicted octanol–water partition coefficient (Wildman–Crippen LogP) is 2.13. The Morgan fingerprint density at radius 3 is 2.88 bits per heavy atom. The van der Waals surface area contributed by atoms with E-state index in [1.807, 2.05) is 24.3 Å². The first-order chi connectivity index (χ1) is 12.1. The highest BCUT2D eigenvalue weighted by Gasteiger charge is 2.33. The third kappa shape index (κ3) is 3.83. The van der Waals surface area contributed by atoms with Gasteiger partial charge >= 0.3 is 5.97 Å². The molecule has 1 aromatic carbocycles. The number of fused-ring (bicyclic) bond motifs is 1. The summed E-state index contributed by atoms with van der Waals surface area (Å²) in [6, 6.07) is 7.26. The van der Waals surface area contributed by atoms with Gasteiger partial charge in [-0.05, 0) is 43.7 Å². The summed E-state index contributed by atoms with van der Waals surface area (Å²) in [6.07, 6.45) is 3.88. The molecular formula is C19H24N2O4. The SMILES string of the molecule is COC(=O)[C@H]1CCCCN1C(=O)CC[C@H]1Cc2ccccc2NC1=O. The van der Waals surface area contributed by atoms with Crippen molar-refractivity contribution in [2.75, 3.05) is 19.0 Å². The lowest BCUT2D eigenvalue weighted by atomic mass is 9.89. The highest BCUT2D eigenvalue weighted by Crippen LogP contribution is 2.28. The van der Waals surface area contributed by atoms with E-state index < -0.39 is 6.04 Å². The van der Waals surface area contributed by atoms with E-state index in [4.69, 9.17) is 4.74 Å². The van der Waals surface area contributed by atoms with Gasteiger partial charge in [0.05, 0.1) is 7.11 Å². The van der Waals surface area contributed by atoms with Crippen molar-refractivity contribution >= 4 is 23.5 Å². The van der Waals surface area contributed by atoms with Crippen LogP contribution in [-0.4, -0.2) is 42.4 Å². The fourth-order valence-corrected chi connectivity index (χ4v) is 3.70. The number of benzene rings is 1. The maximum absolute atomic E-state index is 12.6. The molecule has 0 aliphatic carbocycles. The minimum atomic E-state index is -0.479. The number of hydrogen-bond acceptors (Lipinski definition) is 4. The number of nitrogens with zero attached hydrogens (tertiary/aromatic N) is 1. The zero-order valence-corrected chi connectivity index (χ0v) is 14.5. The normalized spacial score (nSPS) is 22.8. The lowest BCUT2D eigenvalue weighted by Gasteiger charge is -2.34. The van der Waals surface area contributed by atoms with E-state index in [-0.39, 0.29) is 30.1 Å². The maximum Gasteiger partial charge on any atom is 0.328 e. The maximum atomic E-state index is 12.6. The summed E-state index contributed by atoms with van der Waals surface area (Å²) >= 11 is 0. The number of carbonyl (C=O) groups excluding carboxylic acids is 3. The van der Waals surface area contributed by atoms with Crippen LogP contribution in [-0.2, 0) is 25.5 Å². The van der Waals surface area contributed by atoms with E-state index in [1.165, 1.54) is 7.11 Å². The number of rotatable bonds is 4. The Kier molecular flexibility index (Phi) is 5.36. The van der Waals surface area contributed by atoms with E-state index >= 15 is 0 Å². The van der Waals surface area contributed by atoms with E-state index in [0.29, 0.717) is 25.8 Å². The molecule has 0 bridgehead atoms. The molecule has 134 valence electrons. The van der Waals surface area contributed by atoms with Crippen molar-refractivity contribution in [3.8, 4) is 0 Å². The summed E-state index contributed by atoms with van der Waals surface area (Å²) in [5.41, 5.74) is 1.96. The number of carbonyl (C=O) groups is 3. The molecule has 1 saturated heterocycles. The van der Waals surface area contributed by atoms with Crippen molar-refractivity contribution in [2.45, 2.75) is 44.6 Å². The van der Waals surface area contributed by atoms with Crippen LogP contribution in [0.2, 0.25) is 0 Å². The standard InChI is InChI=1S/C19H24N2O4/c1-25-19(24)16-8-4-5-11-21(16)17(22)10-9-14-12-13-6-2-3-7-15(13)20-18(14)23/h2-3,6-7,14,16H,4-5,8-12H2,1H3,(H,20,23)/t14-,16+/m0/s1. The second kappa shape index (κ2) is 7.68. The molecule has 0 radical (unpaired) electrons. The molecule has 1 fully saturated rings. The molecule has 0 aromatic heterocycles. The molecule has 25 heavy (non-hydrogen) atoms. The number of amides is 2. The number of ether oxygens (including phenoxy) is 1. The minimum absolute atomic E-state index is 0.0327. The zero-order valence-electron chi connectivity index (χ0n) is 14.5. The molecule has 1 aromatic rings. The minimum Gasteiger partial charge on any atom is -0.467 e. The first-order valence-electron chi connectivity index (χ1n) is 8.86. The Bertz CT molecular complexity index is 673. The van der Waals surface area contributed by atoms with Crippen LogP contribution in [0.1, 0.15) is 37.7 Å². The van der Waals surface area contributed by atoms with Gasteiger partial charge in [-0.3, -0.25) is 9.59 Å². The number of esters is 1. The van der Waals surface area contributed by atoms with Crippen LogP contribution in [0, 0.1) is 5.92 Å². The fourth-order valence-electron chi connectivity index (χ4n) is 3.70. The highest BCUT2D eigenvalue weighted by molar-refractivity contribution is 5.96. The van der Waals surface area contributed by atoms with Gasteiger partial charge in [-0.25, -0.2) is 4.79 Å². The largest absolute Gasteiger partial charge is 0.467 e. The highest BCUT2D eigenvalue weighted by atomic mass is 16.5. The third-order valence-corrected chi connectivity index (χ3v) is 5.12. The molecule has 0 unspecified atom stereocenters. The second-order valence-electron chi connectivity index (χ2n) is 6.71. The zero-order chi connectivity index (χ0) is 17.8. The van der Waals surface area contributed by atoms with E-state index in [1.54, 1.807) is 4.90 Å². The van der Waals surface area contributed by atoms with Crippen LogP contribution in [0.25, 0.3) is 0 Å². The van der Waals surface area contributed by atoms with Crippen LogP contribution in [0.3, 0.4) is 0 Å². The van der Waals surface area contributed by atoms with Crippen LogP contribution < -0.4 is 5.32 Å². The average Bonchev–Trinajstić information content (AvgIpc) is 2.65. The van der Waals surface area contributed by atoms with Crippen molar-refractivity contribution in [1.82, 2.24) is 4.90 Å². The molecule has 2 heterocycles. The van der Waals surface area contributed by atoms with Gasteiger partial charge < -0.3 is 15.0 Å². The molecule has 6 nitrogen and oxygen atoms in total. The Balaban J connectivity index is 1.60. The van der Waals surface area contributed by atoms with E-state index in [2.05, 4.69) is 5.32 Å². The predicted molar refractivity (Wildman–Crippen MR) is 92.9 cm³/mol. The summed E-state index contributed by atoms with van der Waals surface area (Å²) in [6.45, 7) is 0.582. The van der Waals surface area contributed by atoms with E-state index in [9.17, 15) is 14.4 Å². The molecule has 0 spiro atoms. The number of piperidine rings is 1. The van der Waals surface area contributed by atoms with Gasteiger partial charge in [-0.2, -0.15) is 0 Å². The summed E-state index contributed by atoms with van der Waals surface area (Å²) < 4.78 is 4.82. The molecule has 2 amide bonds. The van der Waals surface area contributed by atoms with Crippen molar-refractivity contribution in [3.05, 3.63) is 29.8 Å². The monoisotopic (exact) mass is 344 g/mol. The Hall–Kier alpha value is -2.37. The number of anilines is 1. The first-order valence-corrected chi connectivity index (χ1v) is 8.86. The molecular weight excluding hydrogens is 320 g/mol. The van der Waals surface area contributed by atoms with Crippen molar-refractivity contribution in [3.63, 3.8) is 0 Å². The van der Waals surface area contributed by atoms with Gasteiger partial charge in [-0.15, -0.1) is 0 Å². The first kappa shape index (κ1) is 17.5. The van der Waals surface area contributed by atoms with Gasteiger partial charge in [0.1, 0.15) is 6.04 Å². The number of nitrogens with one attached hydrogen (secondary N) is 1. The molecule has 2 aliphatic rings. The molecule has 2 aliphatic heterocycles. The van der Waals surface area contributed by atoms with E-state index in [0.717, 1.165) is 24.1 Å². The lowest BCUT2D eigenvalue weighted by molar-refractivity contribution is -0.154. The number of methoxy groups -OCH3 is 1. The van der Waals surface area contributed by atoms with Crippen molar-refractivity contribution in [2.24, 2.45) is 5.92 Å².